The molecule has 0 amide bonds. The number of aromatic nitrogens is 1. The Labute approximate surface area is 85.9 Å². The predicted molar refractivity (Wildman–Crippen MR) is 54.7 cm³/mol. The predicted octanol–water partition coefficient (Wildman–Crippen LogP) is 1.60. The van der Waals surface area contributed by atoms with Gasteiger partial charge in [0.25, 0.3) is 0 Å². The van der Waals surface area contributed by atoms with Crippen LogP contribution in [0, 0.1) is 6.92 Å². The molecule has 0 aliphatic rings. The maximum Gasteiger partial charge on any atom is 0.105 e. The van der Waals surface area contributed by atoms with Gasteiger partial charge in [0.15, 0.2) is 0 Å². The fraction of sp³-hybridized carbons (Fsp3) is 0.222. The lowest BCUT2D eigenvalue weighted by molar-refractivity contribution is 0.521. The Hall–Kier alpha value is -1.17. The monoisotopic (exact) mass is 209 g/mol. The first kappa shape index (κ1) is 9.39. The second kappa shape index (κ2) is 3.91. The van der Waals surface area contributed by atoms with Crippen LogP contribution in [-0.4, -0.2) is 4.37 Å². The molecule has 2 aromatic heterocycles. The normalized spacial score (nSPS) is 13.0. The first-order valence-corrected chi connectivity index (χ1v) is 5.01. The minimum atomic E-state index is -0.0266. The molecule has 0 bridgehead atoms. The largest absolute Gasteiger partial charge is 0.469 e. The average molecular weight is 209 g/mol. The summed E-state index contributed by atoms with van der Waals surface area (Å²) in [7, 11) is 0. The molecule has 1 unspecified atom stereocenters. The molecule has 0 aliphatic heterocycles. The zero-order valence-corrected chi connectivity index (χ0v) is 8.54. The summed E-state index contributed by atoms with van der Waals surface area (Å²) in [4.78, 5) is 1.08. The lowest BCUT2D eigenvalue weighted by atomic mass is 10.1. The van der Waals surface area contributed by atoms with Crippen LogP contribution in [0.3, 0.4) is 0 Å². The van der Waals surface area contributed by atoms with Gasteiger partial charge in [0.1, 0.15) is 5.76 Å². The fourth-order valence-electron chi connectivity index (χ4n) is 1.39. The third kappa shape index (κ3) is 1.57. The number of nitrogens with zero attached hydrogens (tertiary/aromatic N) is 1. The lowest BCUT2D eigenvalue weighted by Crippen LogP contribution is -2.28. The van der Waals surface area contributed by atoms with E-state index in [2.05, 4.69) is 9.80 Å². The average Bonchev–Trinajstić information content (AvgIpc) is 2.80. The highest BCUT2D eigenvalue weighted by atomic mass is 32.1. The molecule has 0 saturated carbocycles. The zero-order valence-electron chi connectivity index (χ0n) is 7.73. The van der Waals surface area contributed by atoms with Crippen LogP contribution >= 0.6 is 11.5 Å². The van der Waals surface area contributed by atoms with E-state index in [1.54, 1.807) is 12.5 Å². The Morgan fingerprint density at radius 3 is 2.93 bits per heavy atom. The van der Waals surface area contributed by atoms with E-state index in [0.717, 1.165) is 16.2 Å². The number of aryl methyl sites for hydroxylation is 1. The van der Waals surface area contributed by atoms with Crippen LogP contribution in [0.4, 0.5) is 0 Å². The Balaban J connectivity index is 2.36. The van der Waals surface area contributed by atoms with E-state index in [9.17, 15) is 0 Å². The summed E-state index contributed by atoms with van der Waals surface area (Å²) in [6, 6.07) is 3.84. The minimum Gasteiger partial charge on any atom is -0.469 e. The van der Waals surface area contributed by atoms with Gasteiger partial charge >= 0.3 is 0 Å². The summed E-state index contributed by atoms with van der Waals surface area (Å²) in [5.74, 6) is 6.39. The third-order valence-electron chi connectivity index (χ3n) is 2.12. The molecule has 4 nitrogen and oxygen atoms in total. The van der Waals surface area contributed by atoms with Crippen LogP contribution in [0.1, 0.15) is 22.2 Å². The topological polar surface area (TPSA) is 64.1 Å². The third-order valence-corrected chi connectivity index (χ3v) is 2.93. The van der Waals surface area contributed by atoms with E-state index in [4.69, 9.17) is 10.3 Å². The number of hydrogen-bond donors (Lipinski definition) is 2. The van der Waals surface area contributed by atoms with E-state index in [1.807, 2.05) is 19.1 Å². The summed E-state index contributed by atoms with van der Waals surface area (Å²) >= 11 is 1.43. The maximum atomic E-state index is 5.51. The number of rotatable bonds is 3. The second-order valence-corrected chi connectivity index (χ2v) is 3.81. The van der Waals surface area contributed by atoms with Gasteiger partial charge in [-0.2, -0.15) is 0 Å². The SMILES string of the molecule is Cc1occc1C(NN)c1ccns1. The van der Waals surface area contributed by atoms with Crippen molar-refractivity contribution >= 4 is 11.5 Å². The number of hydrazine groups is 1. The van der Waals surface area contributed by atoms with Crippen molar-refractivity contribution in [3.63, 3.8) is 0 Å². The number of hydrogen-bond acceptors (Lipinski definition) is 5. The highest BCUT2D eigenvalue weighted by Gasteiger charge is 2.17. The molecule has 0 spiro atoms. The number of furan rings is 1. The van der Waals surface area contributed by atoms with Gasteiger partial charge in [0.2, 0.25) is 0 Å². The molecule has 2 aromatic rings. The van der Waals surface area contributed by atoms with E-state index in [0.29, 0.717) is 0 Å². The first-order chi connectivity index (χ1) is 6.83. The van der Waals surface area contributed by atoms with E-state index in [1.165, 1.54) is 11.5 Å². The van der Waals surface area contributed by atoms with Crippen molar-refractivity contribution in [2.75, 3.05) is 0 Å². The van der Waals surface area contributed by atoms with Crippen molar-refractivity contribution in [3.8, 4) is 0 Å². The molecule has 0 saturated heterocycles. The fourth-order valence-corrected chi connectivity index (χ4v) is 2.06. The van der Waals surface area contributed by atoms with Crippen LogP contribution in [0.2, 0.25) is 0 Å². The van der Waals surface area contributed by atoms with E-state index in [-0.39, 0.29) is 6.04 Å². The van der Waals surface area contributed by atoms with Gasteiger partial charge in [-0.15, -0.1) is 0 Å². The summed E-state index contributed by atoms with van der Waals surface area (Å²) < 4.78 is 9.28. The van der Waals surface area contributed by atoms with Crippen LogP contribution in [0.25, 0.3) is 0 Å². The van der Waals surface area contributed by atoms with Crippen molar-refractivity contribution in [3.05, 3.63) is 40.8 Å². The zero-order chi connectivity index (χ0) is 9.97. The molecule has 0 aliphatic carbocycles. The molecule has 2 heterocycles. The molecule has 0 aromatic carbocycles. The van der Waals surface area contributed by atoms with Gasteiger partial charge in [-0.25, -0.2) is 9.80 Å². The van der Waals surface area contributed by atoms with E-state index < -0.39 is 0 Å². The van der Waals surface area contributed by atoms with Crippen LogP contribution < -0.4 is 11.3 Å². The van der Waals surface area contributed by atoms with Crippen molar-refractivity contribution in [2.45, 2.75) is 13.0 Å². The lowest BCUT2D eigenvalue weighted by Gasteiger charge is -2.12. The summed E-state index contributed by atoms with van der Waals surface area (Å²) in [6.07, 6.45) is 3.43. The highest BCUT2D eigenvalue weighted by Crippen LogP contribution is 2.26. The molecule has 3 N–H and O–H groups in total. The summed E-state index contributed by atoms with van der Waals surface area (Å²) in [5, 5.41) is 0. The van der Waals surface area contributed by atoms with Crippen molar-refractivity contribution in [1.29, 1.82) is 0 Å². The van der Waals surface area contributed by atoms with Crippen molar-refractivity contribution in [2.24, 2.45) is 5.84 Å². The van der Waals surface area contributed by atoms with Crippen molar-refractivity contribution < 1.29 is 4.42 Å². The molecule has 14 heavy (non-hydrogen) atoms. The van der Waals surface area contributed by atoms with Gasteiger partial charge in [0.05, 0.1) is 12.3 Å². The molecule has 0 radical (unpaired) electrons. The quantitative estimate of drug-likeness (QED) is 0.595. The summed E-state index contributed by atoms with van der Waals surface area (Å²) in [5.41, 5.74) is 3.81. The number of nitrogens with one attached hydrogen (secondary N) is 1. The van der Waals surface area contributed by atoms with Gasteiger partial charge in [-0.05, 0) is 30.6 Å². The molecule has 5 heteroatoms. The smallest absolute Gasteiger partial charge is 0.105 e. The minimum absolute atomic E-state index is 0.0266. The summed E-state index contributed by atoms with van der Waals surface area (Å²) in [6.45, 7) is 1.92. The molecular weight excluding hydrogens is 198 g/mol. The van der Waals surface area contributed by atoms with Crippen LogP contribution in [0.15, 0.2) is 29.0 Å². The van der Waals surface area contributed by atoms with Gasteiger partial charge < -0.3 is 4.42 Å². The van der Waals surface area contributed by atoms with Gasteiger partial charge in [-0.1, -0.05) is 0 Å². The molecule has 1 atom stereocenters. The van der Waals surface area contributed by atoms with Gasteiger partial charge in [0, 0.05) is 16.6 Å². The Kier molecular flexibility index (Phi) is 2.62. The first-order valence-electron chi connectivity index (χ1n) is 4.23. The maximum absolute atomic E-state index is 5.51. The van der Waals surface area contributed by atoms with Crippen LogP contribution in [-0.2, 0) is 0 Å². The molecular formula is C9H11N3OS. The van der Waals surface area contributed by atoms with E-state index >= 15 is 0 Å². The molecule has 0 fully saturated rings. The second-order valence-electron chi connectivity index (χ2n) is 2.95. The Morgan fingerprint density at radius 1 is 1.57 bits per heavy atom. The van der Waals surface area contributed by atoms with Crippen molar-refractivity contribution in [1.82, 2.24) is 9.80 Å². The molecule has 74 valence electrons. The Bertz CT molecular complexity index is 396. The standard InChI is InChI=1S/C9H11N3OS/c1-6-7(3-5-13-6)9(12-10)8-2-4-11-14-8/h2-5,9,12H,10H2,1H3. The van der Waals surface area contributed by atoms with Gasteiger partial charge in [-0.3, -0.25) is 5.84 Å². The van der Waals surface area contributed by atoms with Crippen LogP contribution in [0.5, 0.6) is 0 Å². The Morgan fingerprint density at radius 2 is 2.43 bits per heavy atom. The number of nitrogens with two attached hydrogens (primary N) is 1. The molecule has 2 rings (SSSR count). The highest BCUT2D eigenvalue weighted by molar-refractivity contribution is 7.05.